The number of benzene rings is 1. The van der Waals surface area contributed by atoms with Crippen LogP contribution >= 0.6 is 23.2 Å². The Balaban J connectivity index is 0.000000367. The van der Waals surface area contributed by atoms with Gasteiger partial charge in [0.25, 0.3) is 0 Å². The first-order valence-corrected chi connectivity index (χ1v) is 8.08. The molecule has 2 aliphatic carbocycles. The third kappa shape index (κ3) is 3.07. The quantitative estimate of drug-likeness (QED) is 0.623. The molecule has 18 heavy (non-hydrogen) atoms. The third-order valence-corrected chi connectivity index (χ3v) is 4.31. The number of alkyl halides is 2. The average Bonchev–Trinajstić information content (AvgIpc) is 2.96. The van der Waals surface area contributed by atoms with Gasteiger partial charge in [0.2, 0.25) is 0 Å². The molecule has 0 fully saturated rings. The van der Waals surface area contributed by atoms with E-state index in [0.717, 1.165) is 0 Å². The Labute approximate surface area is 133 Å². The molecule has 3 rings (SSSR count). The summed E-state index contributed by atoms with van der Waals surface area (Å²) < 4.78 is 1.61. The van der Waals surface area contributed by atoms with E-state index in [4.69, 9.17) is 23.2 Å². The molecule has 0 bridgehead atoms. The third-order valence-electron chi connectivity index (χ3n) is 3.10. The van der Waals surface area contributed by atoms with E-state index in [0.29, 0.717) is 5.92 Å². The second-order valence-corrected chi connectivity index (χ2v) is 6.40. The van der Waals surface area contributed by atoms with Crippen molar-refractivity contribution in [2.45, 2.75) is 12.3 Å². The van der Waals surface area contributed by atoms with Gasteiger partial charge >= 0.3 is 106 Å². The van der Waals surface area contributed by atoms with Crippen molar-refractivity contribution in [2.75, 3.05) is 5.34 Å². The summed E-state index contributed by atoms with van der Waals surface area (Å²) >= 11 is 11.1. The Morgan fingerprint density at radius 3 is 2.56 bits per heavy atom. The Bertz CT molecular complexity index is 515. The fourth-order valence-corrected chi connectivity index (χ4v) is 3.21. The first-order chi connectivity index (χ1) is 8.77. The monoisotopic (exact) mass is 353 g/mol. The van der Waals surface area contributed by atoms with Crippen molar-refractivity contribution < 1.29 is 24.7 Å². The van der Waals surface area contributed by atoms with Crippen LogP contribution in [0.2, 0.25) is 0 Å². The average molecular weight is 355 g/mol. The van der Waals surface area contributed by atoms with E-state index in [2.05, 4.69) is 48.6 Å². The predicted octanol–water partition coefficient (Wildman–Crippen LogP) is 4.98. The summed E-state index contributed by atoms with van der Waals surface area (Å²) in [5.74, 6) is 0.522. The van der Waals surface area contributed by atoms with Crippen molar-refractivity contribution >= 4 is 29.3 Å². The van der Waals surface area contributed by atoms with E-state index in [1.54, 1.807) is 28.0 Å². The summed E-state index contributed by atoms with van der Waals surface area (Å²) in [7, 11) is 0. The molecule has 3 heteroatoms. The van der Waals surface area contributed by atoms with Gasteiger partial charge in [-0.1, -0.05) is 0 Å². The molecule has 0 aromatic heterocycles. The molecule has 2 aliphatic rings. The zero-order valence-corrected chi connectivity index (χ0v) is 13.8. The maximum atomic E-state index is 4.76. The minimum absolute atomic E-state index is 0.194. The van der Waals surface area contributed by atoms with Gasteiger partial charge in [0.1, 0.15) is 0 Å². The molecule has 0 radical (unpaired) electrons. The van der Waals surface area contributed by atoms with Crippen molar-refractivity contribution in [2.24, 2.45) is 0 Å². The number of rotatable bonds is 1. The van der Waals surface area contributed by atoms with Gasteiger partial charge in [0.15, 0.2) is 0 Å². The van der Waals surface area contributed by atoms with Crippen LogP contribution in [-0.4, -0.2) is 5.34 Å². The summed E-state index contributed by atoms with van der Waals surface area (Å²) in [6.45, 7) is 0. The molecule has 0 amide bonds. The number of allylic oxidation sites excluding steroid dienone is 5. The molecule has 0 spiro atoms. The standard InChI is InChI=1S/C14H11.CH2Cl2.Zr/c1-2-6-11(5-1)14-10-9-12-7-3-4-8-13(12)14;2-1-3;/h1,3-5,7-10,14H,2H2;1H2;. The Morgan fingerprint density at radius 2 is 1.89 bits per heavy atom. The molecule has 1 aromatic rings. The van der Waals surface area contributed by atoms with Crippen LogP contribution in [0.1, 0.15) is 23.5 Å². The summed E-state index contributed by atoms with van der Waals surface area (Å²) in [5.41, 5.74) is 4.40. The Kier molecular flexibility index (Phi) is 5.48. The number of hydrogen-bond acceptors (Lipinski definition) is 0. The molecule has 1 aromatic carbocycles. The van der Waals surface area contributed by atoms with E-state index in [-0.39, 0.29) is 5.34 Å². The zero-order valence-electron chi connectivity index (χ0n) is 9.87. The molecular weight excluding hydrogens is 342 g/mol. The van der Waals surface area contributed by atoms with Crippen LogP contribution in [0.15, 0.2) is 51.3 Å². The molecule has 0 heterocycles. The Morgan fingerprint density at radius 1 is 1.17 bits per heavy atom. The second kappa shape index (κ2) is 6.89. The maximum absolute atomic E-state index is 4.76. The van der Waals surface area contributed by atoms with Gasteiger partial charge in [-0.3, -0.25) is 0 Å². The van der Waals surface area contributed by atoms with Crippen LogP contribution in [-0.2, 0) is 24.7 Å². The first-order valence-electron chi connectivity index (χ1n) is 5.78. The first kappa shape index (κ1) is 14.3. The second-order valence-electron chi connectivity index (χ2n) is 4.11. The molecule has 1 atom stereocenters. The van der Waals surface area contributed by atoms with E-state index in [1.807, 2.05) is 0 Å². The number of halogens is 2. The molecule has 0 saturated heterocycles. The predicted molar refractivity (Wildman–Crippen MR) is 75.6 cm³/mol. The molecule has 0 nitrogen and oxygen atoms in total. The Hall–Kier alpha value is -0.0969. The van der Waals surface area contributed by atoms with E-state index in [9.17, 15) is 0 Å². The van der Waals surface area contributed by atoms with Gasteiger partial charge in [-0.2, -0.15) is 0 Å². The minimum atomic E-state index is 0.194. The van der Waals surface area contributed by atoms with Crippen LogP contribution in [0.25, 0.3) is 6.08 Å². The van der Waals surface area contributed by atoms with Gasteiger partial charge in [-0.25, -0.2) is 0 Å². The molecule has 1 unspecified atom stereocenters. The molecular formula is C15H13Cl2Zr. The van der Waals surface area contributed by atoms with Crippen molar-refractivity contribution in [1.82, 2.24) is 0 Å². The summed E-state index contributed by atoms with van der Waals surface area (Å²) in [4.78, 5) is 0. The SMILES string of the molecule is ClCCl.[Zr][C]1=C(C2C=Cc3ccccc32)C=CC1. The van der Waals surface area contributed by atoms with Crippen LogP contribution in [0.4, 0.5) is 0 Å². The zero-order chi connectivity index (χ0) is 13.0. The normalized spacial score (nSPS) is 19.7. The van der Waals surface area contributed by atoms with Crippen LogP contribution in [0, 0.1) is 0 Å². The van der Waals surface area contributed by atoms with Crippen molar-refractivity contribution in [3.05, 3.63) is 62.5 Å². The number of fused-ring (bicyclic) bond motifs is 1. The molecule has 0 aliphatic heterocycles. The summed E-state index contributed by atoms with van der Waals surface area (Å²) in [6, 6.07) is 8.71. The van der Waals surface area contributed by atoms with Gasteiger partial charge in [0, 0.05) is 0 Å². The van der Waals surface area contributed by atoms with Crippen LogP contribution in [0.5, 0.6) is 0 Å². The fourth-order valence-electron chi connectivity index (χ4n) is 2.33. The molecule has 91 valence electrons. The fraction of sp³-hybridized carbons (Fsp3) is 0.200. The van der Waals surface area contributed by atoms with Crippen molar-refractivity contribution in [3.8, 4) is 0 Å². The van der Waals surface area contributed by atoms with E-state index < -0.39 is 0 Å². The van der Waals surface area contributed by atoms with Crippen LogP contribution in [0.3, 0.4) is 0 Å². The van der Waals surface area contributed by atoms with Gasteiger partial charge in [-0.15, -0.1) is 23.2 Å². The van der Waals surface area contributed by atoms with E-state index >= 15 is 0 Å². The van der Waals surface area contributed by atoms with E-state index in [1.165, 1.54) is 23.1 Å². The number of hydrogen-bond donors (Lipinski definition) is 0. The van der Waals surface area contributed by atoms with Gasteiger partial charge in [-0.05, 0) is 0 Å². The summed E-state index contributed by atoms with van der Waals surface area (Å²) in [6.07, 6.45) is 10.3. The van der Waals surface area contributed by atoms with Crippen LogP contribution < -0.4 is 0 Å². The van der Waals surface area contributed by atoms with Crippen molar-refractivity contribution in [3.63, 3.8) is 0 Å². The topological polar surface area (TPSA) is 0 Å². The van der Waals surface area contributed by atoms with Gasteiger partial charge < -0.3 is 0 Å². The molecule has 0 N–H and O–H groups in total. The summed E-state index contributed by atoms with van der Waals surface area (Å²) in [5, 5.41) is 0.194. The van der Waals surface area contributed by atoms with Gasteiger partial charge in [0.05, 0.1) is 5.34 Å². The molecule has 0 saturated carbocycles. The van der Waals surface area contributed by atoms with Crippen molar-refractivity contribution in [1.29, 1.82) is 0 Å².